The SMILES string of the molecule is CCc1ccc(C(=O)N2CC(N)(CC)C2)cc1. The first-order chi connectivity index (χ1) is 8.08. The number of nitrogens with two attached hydrogens (primary N) is 1. The van der Waals surface area contributed by atoms with Crippen LogP contribution in [0.15, 0.2) is 24.3 Å². The number of carbonyl (C=O) groups is 1. The Morgan fingerprint density at radius 3 is 2.35 bits per heavy atom. The van der Waals surface area contributed by atoms with Crippen LogP contribution in [0.2, 0.25) is 0 Å². The summed E-state index contributed by atoms with van der Waals surface area (Å²) in [7, 11) is 0. The maximum atomic E-state index is 12.1. The number of likely N-dealkylation sites (tertiary alicyclic amines) is 1. The third-order valence-corrected chi connectivity index (χ3v) is 3.61. The van der Waals surface area contributed by atoms with Crippen LogP contribution in [0, 0.1) is 0 Å². The van der Waals surface area contributed by atoms with E-state index in [9.17, 15) is 4.79 Å². The second-order valence-electron chi connectivity index (χ2n) is 4.93. The van der Waals surface area contributed by atoms with Crippen molar-refractivity contribution in [1.29, 1.82) is 0 Å². The van der Waals surface area contributed by atoms with Crippen molar-refractivity contribution in [3.63, 3.8) is 0 Å². The molecule has 1 heterocycles. The van der Waals surface area contributed by atoms with Gasteiger partial charge in [-0.3, -0.25) is 4.79 Å². The topological polar surface area (TPSA) is 46.3 Å². The molecule has 0 atom stereocenters. The number of amides is 1. The molecule has 0 aromatic heterocycles. The summed E-state index contributed by atoms with van der Waals surface area (Å²) in [5.41, 5.74) is 7.93. The molecule has 0 spiro atoms. The molecule has 0 saturated carbocycles. The van der Waals surface area contributed by atoms with Crippen LogP contribution in [0.1, 0.15) is 36.2 Å². The summed E-state index contributed by atoms with van der Waals surface area (Å²) in [6, 6.07) is 7.85. The summed E-state index contributed by atoms with van der Waals surface area (Å²) >= 11 is 0. The van der Waals surface area contributed by atoms with Gasteiger partial charge in [0.05, 0.1) is 5.54 Å². The minimum absolute atomic E-state index is 0.0992. The number of benzene rings is 1. The molecule has 1 fully saturated rings. The average Bonchev–Trinajstić information content (AvgIpc) is 2.34. The van der Waals surface area contributed by atoms with E-state index >= 15 is 0 Å². The fraction of sp³-hybridized carbons (Fsp3) is 0.500. The van der Waals surface area contributed by atoms with Crippen LogP contribution in [0.5, 0.6) is 0 Å². The Morgan fingerprint density at radius 2 is 1.88 bits per heavy atom. The van der Waals surface area contributed by atoms with Gasteiger partial charge in [0.15, 0.2) is 0 Å². The van der Waals surface area contributed by atoms with Gasteiger partial charge in [0.2, 0.25) is 0 Å². The van der Waals surface area contributed by atoms with Crippen LogP contribution in [0.4, 0.5) is 0 Å². The van der Waals surface area contributed by atoms with Crippen molar-refractivity contribution in [1.82, 2.24) is 4.90 Å². The molecule has 2 N–H and O–H groups in total. The van der Waals surface area contributed by atoms with E-state index in [1.807, 2.05) is 29.2 Å². The fourth-order valence-electron chi connectivity index (χ4n) is 2.15. The third-order valence-electron chi connectivity index (χ3n) is 3.61. The minimum atomic E-state index is -0.154. The molecule has 2 rings (SSSR count). The summed E-state index contributed by atoms with van der Waals surface area (Å²) in [6.07, 6.45) is 1.92. The molecule has 0 radical (unpaired) electrons. The van der Waals surface area contributed by atoms with Crippen molar-refractivity contribution in [2.75, 3.05) is 13.1 Å². The quantitative estimate of drug-likeness (QED) is 0.864. The number of rotatable bonds is 3. The zero-order valence-corrected chi connectivity index (χ0v) is 10.6. The molecule has 3 heteroatoms. The summed E-state index contributed by atoms with van der Waals surface area (Å²) < 4.78 is 0. The first-order valence-corrected chi connectivity index (χ1v) is 6.25. The molecule has 1 amide bonds. The molecule has 0 unspecified atom stereocenters. The van der Waals surface area contributed by atoms with Gasteiger partial charge in [-0.25, -0.2) is 0 Å². The highest BCUT2D eigenvalue weighted by atomic mass is 16.2. The van der Waals surface area contributed by atoms with Gasteiger partial charge in [0, 0.05) is 18.7 Å². The smallest absolute Gasteiger partial charge is 0.253 e. The van der Waals surface area contributed by atoms with Gasteiger partial charge in [0.1, 0.15) is 0 Å². The highest BCUT2D eigenvalue weighted by molar-refractivity contribution is 5.95. The summed E-state index contributed by atoms with van der Waals surface area (Å²) in [4.78, 5) is 13.9. The van der Waals surface area contributed by atoms with Crippen LogP contribution >= 0.6 is 0 Å². The molecular weight excluding hydrogens is 212 g/mol. The molecule has 17 heavy (non-hydrogen) atoms. The Labute approximate surface area is 103 Å². The van der Waals surface area contributed by atoms with E-state index < -0.39 is 0 Å². The van der Waals surface area contributed by atoms with Crippen molar-refractivity contribution in [2.24, 2.45) is 5.73 Å². The van der Waals surface area contributed by atoms with Gasteiger partial charge in [0.25, 0.3) is 5.91 Å². The Balaban J connectivity index is 2.01. The first-order valence-electron chi connectivity index (χ1n) is 6.25. The molecule has 92 valence electrons. The number of carbonyl (C=O) groups excluding carboxylic acids is 1. The Bertz CT molecular complexity index is 405. The zero-order chi connectivity index (χ0) is 12.5. The van der Waals surface area contributed by atoms with E-state index in [2.05, 4.69) is 13.8 Å². The van der Waals surface area contributed by atoms with Gasteiger partial charge >= 0.3 is 0 Å². The maximum absolute atomic E-state index is 12.1. The minimum Gasteiger partial charge on any atom is -0.335 e. The Kier molecular flexibility index (Phi) is 3.20. The molecular formula is C14H20N2O. The van der Waals surface area contributed by atoms with E-state index in [4.69, 9.17) is 5.73 Å². The monoisotopic (exact) mass is 232 g/mol. The van der Waals surface area contributed by atoms with Crippen LogP contribution in [-0.4, -0.2) is 29.4 Å². The molecule has 3 nitrogen and oxygen atoms in total. The second-order valence-corrected chi connectivity index (χ2v) is 4.93. The van der Waals surface area contributed by atoms with Gasteiger partial charge in [-0.05, 0) is 30.5 Å². The van der Waals surface area contributed by atoms with E-state index in [1.165, 1.54) is 5.56 Å². The van der Waals surface area contributed by atoms with Gasteiger partial charge in [-0.1, -0.05) is 26.0 Å². The van der Waals surface area contributed by atoms with E-state index in [0.29, 0.717) is 13.1 Å². The highest BCUT2D eigenvalue weighted by Crippen LogP contribution is 2.23. The summed E-state index contributed by atoms with van der Waals surface area (Å²) in [6.45, 7) is 5.53. The Hall–Kier alpha value is -1.35. The molecule has 1 aromatic rings. The molecule has 1 aliphatic heterocycles. The van der Waals surface area contributed by atoms with Crippen molar-refractivity contribution >= 4 is 5.91 Å². The lowest BCUT2D eigenvalue weighted by molar-refractivity contribution is 0.0401. The van der Waals surface area contributed by atoms with E-state index in [1.54, 1.807) is 0 Å². The summed E-state index contributed by atoms with van der Waals surface area (Å²) in [5.74, 6) is 0.0992. The largest absolute Gasteiger partial charge is 0.335 e. The van der Waals surface area contributed by atoms with Gasteiger partial charge in [-0.2, -0.15) is 0 Å². The van der Waals surface area contributed by atoms with E-state index in [-0.39, 0.29) is 11.4 Å². The number of nitrogens with zero attached hydrogens (tertiary/aromatic N) is 1. The van der Waals surface area contributed by atoms with Crippen molar-refractivity contribution < 1.29 is 4.79 Å². The molecule has 0 aliphatic carbocycles. The zero-order valence-electron chi connectivity index (χ0n) is 10.6. The lowest BCUT2D eigenvalue weighted by atomic mass is 9.87. The van der Waals surface area contributed by atoms with Crippen molar-refractivity contribution in [2.45, 2.75) is 32.2 Å². The Morgan fingerprint density at radius 1 is 1.29 bits per heavy atom. The fourth-order valence-corrected chi connectivity index (χ4v) is 2.15. The number of hydrogen-bond donors (Lipinski definition) is 1. The van der Waals surface area contributed by atoms with Crippen LogP contribution in [-0.2, 0) is 6.42 Å². The van der Waals surface area contributed by atoms with Gasteiger partial charge < -0.3 is 10.6 Å². The van der Waals surface area contributed by atoms with Crippen molar-refractivity contribution in [3.05, 3.63) is 35.4 Å². The molecule has 1 saturated heterocycles. The predicted molar refractivity (Wildman–Crippen MR) is 68.9 cm³/mol. The average molecular weight is 232 g/mol. The third kappa shape index (κ3) is 2.34. The van der Waals surface area contributed by atoms with Crippen LogP contribution in [0.25, 0.3) is 0 Å². The summed E-state index contributed by atoms with van der Waals surface area (Å²) in [5, 5.41) is 0. The standard InChI is InChI=1S/C14H20N2O/c1-3-11-5-7-12(8-6-11)13(17)16-9-14(15,4-2)10-16/h5-8H,3-4,9-10,15H2,1-2H3. The second kappa shape index (κ2) is 4.49. The molecule has 1 aliphatic rings. The van der Waals surface area contributed by atoms with Crippen LogP contribution in [0.3, 0.4) is 0 Å². The molecule has 0 bridgehead atoms. The maximum Gasteiger partial charge on any atom is 0.253 e. The highest BCUT2D eigenvalue weighted by Gasteiger charge is 2.40. The lowest BCUT2D eigenvalue weighted by Crippen LogP contribution is -2.68. The van der Waals surface area contributed by atoms with E-state index in [0.717, 1.165) is 18.4 Å². The first kappa shape index (κ1) is 12.1. The van der Waals surface area contributed by atoms with Gasteiger partial charge in [-0.15, -0.1) is 0 Å². The lowest BCUT2D eigenvalue weighted by Gasteiger charge is -2.47. The van der Waals surface area contributed by atoms with Crippen molar-refractivity contribution in [3.8, 4) is 0 Å². The predicted octanol–water partition coefficient (Wildman–Crippen LogP) is 1.81. The molecule has 1 aromatic carbocycles. The number of hydrogen-bond acceptors (Lipinski definition) is 2. The number of aryl methyl sites for hydroxylation is 1. The normalized spacial score (nSPS) is 17.7. The van der Waals surface area contributed by atoms with Crippen LogP contribution < -0.4 is 5.73 Å².